The van der Waals surface area contributed by atoms with E-state index in [0.717, 1.165) is 22.3 Å². The van der Waals surface area contributed by atoms with E-state index in [1.165, 1.54) is 12.1 Å². The molecule has 0 unspecified atom stereocenters. The number of rotatable bonds is 6. The minimum absolute atomic E-state index is 0.0581. The van der Waals surface area contributed by atoms with Gasteiger partial charge in [-0.3, -0.25) is 18.6 Å². The van der Waals surface area contributed by atoms with Gasteiger partial charge in [-0.25, -0.2) is 4.39 Å². The average Bonchev–Trinajstić information content (AvgIpc) is 3.39. The summed E-state index contributed by atoms with van der Waals surface area (Å²) >= 11 is 0. The number of hydrogen-bond acceptors (Lipinski definition) is 5. The second-order valence-corrected chi connectivity index (χ2v) is 9.99. The molecule has 198 valence electrons. The Kier molecular flexibility index (Phi) is 6.56. The summed E-state index contributed by atoms with van der Waals surface area (Å²) in [7, 11) is 0. The van der Waals surface area contributed by atoms with Crippen molar-refractivity contribution < 1.29 is 9.18 Å². The van der Waals surface area contributed by atoms with Crippen molar-refractivity contribution in [2.75, 3.05) is 31.1 Å². The molecule has 39 heavy (non-hydrogen) atoms. The first kappa shape index (κ1) is 24.8. The van der Waals surface area contributed by atoms with Crippen molar-refractivity contribution in [3.8, 4) is 0 Å². The summed E-state index contributed by atoms with van der Waals surface area (Å²) in [4.78, 5) is 30.6. The number of aromatic nitrogens is 4. The topological polar surface area (TPSA) is 75.7 Å². The number of nitrogens with zero attached hydrogens (tertiary/aromatic N) is 6. The van der Waals surface area contributed by atoms with Gasteiger partial charge in [0.05, 0.1) is 17.4 Å². The van der Waals surface area contributed by atoms with Crippen LogP contribution >= 0.6 is 0 Å². The molecule has 0 aliphatic carbocycles. The number of piperazine rings is 1. The summed E-state index contributed by atoms with van der Waals surface area (Å²) in [5.41, 5.74) is 3.73. The number of hydrogen-bond donors (Lipinski definition) is 0. The zero-order chi connectivity index (χ0) is 26.9. The summed E-state index contributed by atoms with van der Waals surface area (Å²) < 4.78 is 16.8. The summed E-state index contributed by atoms with van der Waals surface area (Å²) in [6.07, 6.45) is 0.702. The van der Waals surface area contributed by atoms with E-state index in [2.05, 4.69) is 15.1 Å². The highest BCUT2D eigenvalue weighted by atomic mass is 19.1. The smallest absolute Gasteiger partial charge is 0.263 e. The highest BCUT2D eigenvalue weighted by Gasteiger charge is 2.23. The van der Waals surface area contributed by atoms with Gasteiger partial charge in [0.25, 0.3) is 5.56 Å². The largest absolute Gasteiger partial charge is 0.368 e. The standard InChI is InChI=1S/C30H29FN6O2/c1-21-6-8-22(9-7-21)20-36-29(39)25-4-2-3-5-26(25)37-27(32-33-30(36)37)14-15-28(38)35-18-16-34(17-19-35)24-12-10-23(31)11-13-24/h2-13H,14-20H2,1H3. The third-order valence-electron chi connectivity index (χ3n) is 7.42. The van der Waals surface area contributed by atoms with Gasteiger partial charge in [0.1, 0.15) is 11.6 Å². The monoisotopic (exact) mass is 524 g/mol. The van der Waals surface area contributed by atoms with Gasteiger partial charge in [-0.1, -0.05) is 42.0 Å². The third kappa shape index (κ3) is 4.87. The maximum atomic E-state index is 13.4. The molecule has 0 radical (unpaired) electrons. The molecule has 0 atom stereocenters. The lowest BCUT2D eigenvalue weighted by Gasteiger charge is -2.36. The third-order valence-corrected chi connectivity index (χ3v) is 7.42. The number of carbonyl (C=O) groups is 1. The lowest BCUT2D eigenvalue weighted by molar-refractivity contribution is -0.131. The number of halogens is 1. The van der Waals surface area contributed by atoms with Crippen LogP contribution in [0.4, 0.5) is 10.1 Å². The second kappa shape index (κ2) is 10.3. The summed E-state index contributed by atoms with van der Waals surface area (Å²) in [5.74, 6) is 0.920. The fourth-order valence-electron chi connectivity index (χ4n) is 5.24. The average molecular weight is 525 g/mol. The van der Waals surface area contributed by atoms with Gasteiger partial charge in [-0.05, 0) is 48.9 Å². The first-order valence-corrected chi connectivity index (χ1v) is 13.2. The summed E-state index contributed by atoms with van der Waals surface area (Å²) in [6, 6.07) is 22.0. The molecular formula is C30H29FN6O2. The minimum Gasteiger partial charge on any atom is -0.368 e. The Morgan fingerprint density at radius 2 is 1.62 bits per heavy atom. The van der Waals surface area contributed by atoms with Gasteiger partial charge in [0.2, 0.25) is 11.7 Å². The summed E-state index contributed by atoms with van der Waals surface area (Å²) in [6.45, 7) is 5.01. The molecule has 1 amide bonds. The molecule has 1 saturated heterocycles. The van der Waals surface area contributed by atoms with Crippen molar-refractivity contribution in [1.29, 1.82) is 0 Å². The highest BCUT2D eigenvalue weighted by molar-refractivity contribution is 5.81. The van der Waals surface area contributed by atoms with Crippen LogP contribution in [-0.4, -0.2) is 56.2 Å². The number of benzene rings is 3. The number of amides is 1. The maximum absolute atomic E-state index is 13.4. The second-order valence-electron chi connectivity index (χ2n) is 9.99. The molecule has 2 aromatic heterocycles. The van der Waals surface area contributed by atoms with Gasteiger partial charge in [0.15, 0.2) is 0 Å². The molecule has 0 N–H and O–H groups in total. The number of para-hydroxylation sites is 1. The number of aryl methyl sites for hydroxylation is 2. The maximum Gasteiger partial charge on any atom is 0.263 e. The van der Waals surface area contributed by atoms with Crippen molar-refractivity contribution in [3.63, 3.8) is 0 Å². The van der Waals surface area contributed by atoms with E-state index in [-0.39, 0.29) is 17.3 Å². The molecule has 0 bridgehead atoms. The fourth-order valence-corrected chi connectivity index (χ4v) is 5.24. The van der Waals surface area contributed by atoms with Gasteiger partial charge in [-0.15, -0.1) is 10.2 Å². The van der Waals surface area contributed by atoms with Crippen LogP contribution in [0.15, 0.2) is 77.6 Å². The van der Waals surface area contributed by atoms with Crippen LogP contribution in [0, 0.1) is 12.7 Å². The quantitative estimate of drug-likeness (QED) is 0.338. The van der Waals surface area contributed by atoms with Gasteiger partial charge < -0.3 is 9.80 Å². The van der Waals surface area contributed by atoms with Crippen LogP contribution < -0.4 is 10.5 Å². The minimum atomic E-state index is -0.256. The first-order chi connectivity index (χ1) is 19.0. The molecule has 1 fully saturated rings. The van der Waals surface area contributed by atoms with Gasteiger partial charge in [0, 0.05) is 44.7 Å². The molecule has 3 heterocycles. The molecule has 6 rings (SSSR count). The zero-order valence-electron chi connectivity index (χ0n) is 21.8. The van der Waals surface area contributed by atoms with Crippen molar-refractivity contribution in [3.05, 3.63) is 106 Å². The van der Waals surface area contributed by atoms with Crippen molar-refractivity contribution in [2.24, 2.45) is 0 Å². The van der Waals surface area contributed by atoms with Crippen LogP contribution in [0.2, 0.25) is 0 Å². The van der Waals surface area contributed by atoms with Crippen LogP contribution in [0.5, 0.6) is 0 Å². The fraction of sp³-hybridized carbons (Fsp3) is 0.267. The van der Waals surface area contributed by atoms with Crippen LogP contribution in [0.1, 0.15) is 23.4 Å². The molecule has 3 aromatic carbocycles. The van der Waals surface area contributed by atoms with E-state index in [0.29, 0.717) is 62.6 Å². The zero-order valence-corrected chi connectivity index (χ0v) is 21.8. The number of carbonyl (C=O) groups excluding carboxylic acids is 1. The van der Waals surface area contributed by atoms with E-state index in [4.69, 9.17) is 0 Å². The van der Waals surface area contributed by atoms with Crippen molar-refractivity contribution in [1.82, 2.24) is 24.1 Å². The Labute approximate surface area is 224 Å². The Morgan fingerprint density at radius 1 is 0.897 bits per heavy atom. The Bertz CT molecular complexity index is 1700. The highest BCUT2D eigenvalue weighted by Crippen LogP contribution is 2.19. The first-order valence-electron chi connectivity index (χ1n) is 13.2. The molecule has 0 spiro atoms. The van der Waals surface area contributed by atoms with Crippen molar-refractivity contribution >= 4 is 28.3 Å². The molecule has 8 nitrogen and oxygen atoms in total. The number of anilines is 1. The van der Waals surface area contributed by atoms with Gasteiger partial charge >= 0.3 is 0 Å². The number of fused-ring (bicyclic) bond motifs is 3. The van der Waals surface area contributed by atoms with Crippen molar-refractivity contribution in [2.45, 2.75) is 26.3 Å². The Balaban J connectivity index is 1.22. The lowest BCUT2D eigenvalue weighted by atomic mass is 10.1. The van der Waals surface area contributed by atoms with E-state index < -0.39 is 0 Å². The molecular weight excluding hydrogens is 495 g/mol. The molecule has 9 heteroatoms. The predicted molar refractivity (Wildman–Crippen MR) is 149 cm³/mol. The molecule has 0 saturated carbocycles. The SMILES string of the molecule is Cc1ccc(Cn2c(=O)c3ccccc3n3c(CCC(=O)N4CCN(c5ccc(F)cc5)CC4)nnc23)cc1. The van der Waals surface area contributed by atoms with Gasteiger partial charge in [-0.2, -0.15) is 0 Å². The predicted octanol–water partition coefficient (Wildman–Crippen LogP) is 3.82. The lowest BCUT2D eigenvalue weighted by Crippen LogP contribution is -2.48. The van der Waals surface area contributed by atoms with Crippen LogP contribution in [0.25, 0.3) is 16.7 Å². The van der Waals surface area contributed by atoms with E-state index in [1.807, 2.05) is 64.8 Å². The van der Waals surface area contributed by atoms with Crippen LogP contribution in [-0.2, 0) is 17.8 Å². The van der Waals surface area contributed by atoms with E-state index in [1.54, 1.807) is 16.7 Å². The normalized spacial score (nSPS) is 13.9. The molecule has 5 aromatic rings. The molecule has 1 aliphatic heterocycles. The Hall–Kier alpha value is -4.53. The Morgan fingerprint density at radius 3 is 2.36 bits per heavy atom. The summed E-state index contributed by atoms with van der Waals surface area (Å²) in [5, 5.41) is 9.41. The van der Waals surface area contributed by atoms with E-state index >= 15 is 0 Å². The van der Waals surface area contributed by atoms with E-state index in [9.17, 15) is 14.0 Å². The molecule has 1 aliphatic rings. The van der Waals surface area contributed by atoms with Crippen LogP contribution in [0.3, 0.4) is 0 Å².